The number of furan rings is 1. The predicted molar refractivity (Wildman–Crippen MR) is 112 cm³/mol. The van der Waals surface area contributed by atoms with Crippen LogP contribution in [0.25, 0.3) is 11.0 Å². The van der Waals surface area contributed by atoms with Crippen LogP contribution in [0, 0.1) is 0 Å². The summed E-state index contributed by atoms with van der Waals surface area (Å²) in [7, 11) is 0. The molecule has 29 heavy (non-hydrogen) atoms. The summed E-state index contributed by atoms with van der Waals surface area (Å²) >= 11 is 0. The van der Waals surface area contributed by atoms with Crippen LogP contribution in [0.2, 0.25) is 0 Å². The molecule has 0 aliphatic heterocycles. The van der Waals surface area contributed by atoms with Crippen LogP contribution in [0.15, 0.2) is 65.8 Å². The second-order valence-corrected chi connectivity index (χ2v) is 7.74. The number of nitrogens with one attached hydrogen (secondary N) is 1. The number of imidazole rings is 1. The zero-order valence-corrected chi connectivity index (χ0v) is 16.2. The van der Waals surface area contributed by atoms with Crippen molar-refractivity contribution in [2.75, 3.05) is 0 Å². The van der Waals surface area contributed by atoms with E-state index in [0.29, 0.717) is 13.0 Å². The first-order valence-corrected chi connectivity index (χ1v) is 10.1. The third-order valence-electron chi connectivity index (χ3n) is 5.62. The Labute approximate surface area is 169 Å². The van der Waals surface area contributed by atoms with Gasteiger partial charge in [-0.05, 0) is 53.6 Å². The lowest BCUT2D eigenvalue weighted by Gasteiger charge is -2.08. The lowest BCUT2D eigenvalue weighted by atomic mass is 10.0. The summed E-state index contributed by atoms with van der Waals surface area (Å²) in [5.74, 6) is 0.00760. The standard InChI is InChI=1S/C24H23N3O2/c28-24(12-21-15-29-23-11-20-6-2-5-19(20)10-22(21)23)26-13-17-3-1-4-18(9-17)14-27-8-7-25-16-27/h1,3-4,7-11,15-16H,2,5-6,12-14H2,(H,26,28). The molecule has 2 heterocycles. The Balaban J connectivity index is 1.23. The molecule has 146 valence electrons. The fourth-order valence-electron chi connectivity index (χ4n) is 4.15. The van der Waals surface area contributed by atoms with Crippen LogP contribution in [0.3, 0.4) is 0 Å². The van der Waals surface area contributed by atoms with Crippen molar-refractivity contribution in [1.82, 2.24) is 14.9 Å². The number of aryl methyl sites for hydroxylation is 2. The summed E-state index contributed by atoms with van der Waals surface area (Å²) in [6, 6.07) is 12.6. The Morgan fingerprint density at radius 3 is 2.86 bits per heavy atom. The van der Waals surface area contributed by atoms with Gasteiger partial charge in [0.1, 0.15) is 5.58 Å². The molecule has 0 fully saturated rings. The van der Waals surface area contributed by atoms with E-state index in [1.54, 1.807) is 18.8 Å². The summed E-state index contributed by atoms with van der Waals surface area (Å²) in [5.41, 5.74) is 6.91. The largest absolute Gasteiger partial charge is 0.464 e. The van der Waals surface area contributed by atoms with Crippen LogP contribution in [0.1, 0.15) is 34.2 Å². The minimum absolute atomic E-state index is 0.00760. The van der Waals surface area contributed by atoms with Crippen molar-refractivity contribution in [3.05, 3.63) is 89.2 Å². The summed E-state index contributed by atoms with van der Waals surface area (Å²) < 4.78 is 7.74. The van der Waals surface area contributed by atoms with Gasteiger partial charge in [0.25, 0.3) is 0 Å². The van der Waals surface area contributed by atoms with Crippen molar-refractivity contribution < 1.29 is 9.21 Å². The maximum atomic E-state index is 12.5. The third kappa shape index (κ3) is 3.81. The summed E-state index contributed by atoms with van der Waals surface area (Å²) in [5, 5.41) is 4.11. The zero-order valence-electron chi connectivity index (χ0n) is 16.2. The second-order valence-electron chi connectivity index (χ2n) is 7.74. The highest BCUT2D eigenvalue weighted by Crippen LogP contribution is 2.30. The van der Waals surface area contributed by atoms with Gasteiger partial charge in [0.05, 0.1) is 19.0 Å². The predicted octanol–water partition coefficient (Wildman–Crippen LogP) is 4.03. The van der Waals surface area contributed by atoms with Crippen LogP contribution in [-0.4, -0.2) is 15.5 Å². The molecule has 0 saturated heterocycles. The molecule has 1 N–H and O–H groups in total. The molecule has 2 aromatic carbocycles. The molecule has 1 aliphatic rings. The van der Waals surface area contributed by atoms with E-state index in [4.69, 9.17) is 4.42 Å². The highest BCUT2D eigenvalue weighted by atomic mass is 16.3. The normalized spacial score (nSPS) is 13.0. The van der Waals surface area contributed by atoms with Crippen LogP contribution in [-0.2, 0) is 37.1 Å². The van der Waals surface area contributed by atoms with Gasteiger partial charge < -0.3 is 14.3 Å². The highest BCUT2D eigenvalue weighted by molar-refractivity contribution is 5.88. The first kappa shape index (κ1) is 17.7. The Morgan fingerprint density at radius 2 is 2.00 bits per heavy atom. The molecule has 0 spiro atoms. The Hall–Kier alpha value is -3.34. The number of nitrogens with zero attached hydrogens (tertiary/aromatic N) is 2. The van der Waals surface area contributed by atoms with Gasteiger partial charge in [-0.15, -0.1) is 0 Å². The second kappa shape index (κ2) is 7.59. The SMILES string of the molecule is O=C(Cc1coc2cc3c(cc12)CCC3)NCc1cccc(Cn2ccnc2)c1. The number of aromatic nitrogens is 2. The summed E-state index contributed by atoms with van der Waals surface area (Å²) in [6.45, 7) is 1.29. The van der Waals surface area contributed by atoms with Gasteiger partial charge in [-0.3, -0.25) is 4.79 Å². The van der Waals surface area contributed by atoms with Crippen molar-refractivity contribution in [3.63, 3.8) is 0 Å². The van der Waals surface area contributed by atoms with Crippen LogP contribution in [0.4, 0.5) is 0 Å². The van der Waals surface area contributed by atoms with E-state index in [9.17, 15) is 4.79 Å². The van der Waals surface area contributed by atoms with E-state index < -0.39 is 0 Å². The molecular formula is C24H23N3O2. The maximum Gasteiger partial charge on any atom is 0.224 e. The molecule has 0 saturated carbocycles. The molecule has 5 heteroatoms. The molecule has 0 radical (unpaired) electrons. The molecule has 2 aromatic heterocycles. The van der Waals surface area contributed by atoms with Crippen molar-refractivity contribution in [2.45, 2.75) is 38.8 Å². The smallest absolute Gasteiger partial charge is 0.224 e. The topological polar surface area (TPSA) is 60.1 Å². The zero-order chi connectivity index (χ0) is 19.6. The monoisotopic (exact) mass is 385 g/mol. The molecule has 4 aromatic rings. The number of rotatable bonds is 6. The minimum atomic E-state index is 0.00760. The summed E-state index contributed by atoms with van der Waals surface area (Å²) in [6.07, 6.45) is 11.0. The van der Waals surface area contributed by atoms with E-state index in [0.717, 1.165) is 41.5 Å². The lowest BCUT2D eigenvalue weighted by Crippen LogP contribution is -2.24. The van der Waals surface area contributed by atoms with Crippen LogP contribution < -0.4 is 5.32 Å². The molecular weight excluding hydrogens is 362 g/mol. The Bertz CT molecular complexity index is 1160. The van der Waals surface area contributed by atoms with Gasteiger partial charge in [0, 0.05) is 36.4 Å². The Kier molecular flexibility index (Phi) is 4.64. The van der Waals surface area contributed by atoms with Gasteiger partial charge in [0.2, 0.25) is 5.91 Å². The van der Waals surface area contributed by atoms with Gasteiger partial charge in [0.15, 0.2) is 0 Å². The molecule has 1 aliphatic carbocycles. The van der Waals surface area contributed by atoms with Crippen molar-refractivity contribution in [3.8, 4) is 0 Å². The number of carbonyl (C=O) groups excluding carboxylic acids is 1. The van der Waals surface area contributed by atoms with Crippen molar-refractivity contribution in [1.29, 1.82) is 0 Å². The lowest BCUT2D eigenvalue weighted by molar-refractivity contribution is -0.120. The molecule has 0 bridgehead atoms. The van der Waals surface area contributed by atoms with Gasteiger partial charge >= 0.3 is 0 Å². The number of hydrogen-bond acceptors (Lipinski definition) is 3. The summed E-state index contributed by atoms with van der Waals surface area (Å²) in [4.78, 5) is 16.6. The van der Waals surface area contributed by atoms with Gasteiger partial charge in [-0.25, -0.2) is 4.98 Å². The van der Waals surface area contributed by atoms with Crippen LogP contribution in [0.5, 0.6) is 0 Å². The van der Waals surface area contributed by atoms with Crippen molar-refractivity contribution >= 4 is 16.9 Å². The Morgan fingerprint density at radius 1 is 1.14 bits per heavy atom. The average Bonchev–Trinajstić information content (AvgIpc) is 3.47. The maximum absolute atomic E-state index is 12.5. The van der Waals surface area contributed by atoms with E-state index in [2.05, 4.69) is 34.6 Å². The first-order valence-electron chi connectivity index (χ1n) is 10.1. The molecule has 0 atom stereocenters. The third-order valence-corrected chi connectivity index (χ3v) is 5.62. The average molecular weight is 385 g/mol. The van der Waals surface area contributed by atoms with E-state index in [1.807, 2.05) is 22.9 Å². The number of amides is 1. The molecule has 5 rings (SSSR count). The van der Waals surface area contributed by atoms with Gasteiger partial charge in [-0.2, -0.15) is 0 Å². The minimum Gasteiger partial charge on any atom is -0.464 e. The molecule has 5 nitrogen and oxygen atoms in total. The molecule has 1 amide bonds. The first-order chi connectivity index (χ1) is 14.2. The fraction of sp³-hybridized carbons (Fsp3) is 0.250. The molecule has 0 unspecified atom stereocenters. The van der Waals surface area contributed by atoms with E-state index >= 15 is 0 Å². The number of fused-ring (bicyclic) bond motifs is 2. The fourth-order valence-corrected chi connectivity index (χ4v) is 4.15. The quantitative estimate of drug-likeness (QED) is 0.545. The van der Waals surface area contributed by atoms with E-state index in [1.165, 1.54) is 23.1 Å². The van der Waals surface area contributed by atoms with Gasteiger partial charge in [-0.1, -0.05) is 24.3 Å². The van der Waals surface area contributed by atoms with Crippen LogP contribution >= 0.6 is 0 Å². The number of benzene rings is 2. The number of carbonyl (C=O) groups is 1. The van der Waals surface area contributed by atoms with E-state index in [-0.39, 0.29) is 5.91 Å². The highest BCUT2D eigenvalue weighted by Gasteiger charge is 2.16. The number of hydrogen-bond donors (Lipinski definition) is 1. The van der Waals surface area contributed by atoms with Crippen molar-refractivity contribution in [2.24, 2.45) is 0 Å².